The van der Waals surface area contributed by atoms with E-state index in [2.05, 4.69) is 15.6 Å². The molecule has 0 spiro atoms. The maximum atomic E-state index is 13.0. The van der Waals surface area contributed by atoms with E-state index in [-0.39, 0.29) is 23.9 Å². The predicted molar refractivity (Wildman–Crippen MR) is 133 cm³/mol. The average molecular weight is 521 g/mol. The highest BCUT2D eigenvalue weighted by atomic mass is 35.5. The van der Waals surface area contributed by atoms with Gasteiger partial charge in [0.25, 0.3) is 0 Å². The van der Waals surface area contributed by atoms with Crippen molar-refractivity contribution in [2.24, 2.45) is 0 Å². The van der Waals surface area contributed by atoms with Crippen molar-refractivity contribution in [1.82, 2.24) is 15.2 Å². The molecule has 1 fully saturated rings. The largest absolute Gasteiger partial charge is 0.416 e. The Morgan fingerprint density at radius 2 is 1.94 bits per heavy atom. The summed E-state index contributed by atoms with van der Waals surface area (Å²) >= 11 is 6.47. The quantitative estimate of drug-likeness (QED) is 0.509. The number of nitrogens with zero attached hydrogens (tertiary/aromatic N) is 2. The second-order valence-electron chi connectivity index (χ2n) is 9.28. The second kappa shape index (κ2) is 10.9. The van der Waals surface area contributed by atoms with Crippen molar-refractivity contribution in [3.63, 3.8) is 0 Å². The van der Waals surface area contributed by atoms with Crippen molar-refractivity contribution < 1.29 is 22.8 Å². The van der Waals surface area contributed by atoms with E-state index >= 15 is 0 Å². The van der Waals surface area contributed by atoms with Crippen LogP contribution in [0.2, 0.25) is 5.02 Å². The number of hydrogen-bond donors (Lipinski definition) is 2. The number of alkyl halides is 3. The van der Waals surface area contributed by atoms with Crippen molar-refractivity contribution in [3.8, 4) is 0 Å². The van der Waals surface area contributed by atoms with Gasteiger partial charge >= 0.3 is 12.2 Å². The minimum atomic E-state index is -4.43. The molecule has 1 saturated carbocycles. The molecule has 10 heteroatoms. The Kier molecular flexibility index (Phi) is 7.88. The molecule has 0 saturated heterocycles. The minimum absolute atomic E-state index is 0.0331. The number of hydrogen-bond acceptors (Lipinski definition) is 3. The van der Waals surface area contributed by atoms with Crippen molar-refractivity contribution in [2.45, 2.75) is 57.7 Å². The lowest BCUT2D eigenvalue weighted by Gasteiger charge is -2.27. The van der Waals surface area contributed by atoms with Crippen LogP contribution in [0.15, 0.2) is 36.5 Å². The van der Waals surface area contributed by atoms with E-state index in [1.54, 1.807) is 17.2 Å². The Morgan fingerprint density at radius 3 is 2.56 bits per heavy atom. The number of aryl methyl sites for hydroxylation is 1. The fourth-order valence-electron chi connectivity index (χ4n) is 4.68. The lowest BCUT2D eigenvalue weighted by molar-refractivity contribution is -0.138. The molecule has 1 aromatic heterocycles. The number of carbonyl (C=O) groups is 2. The molecule has 3 amide bonds. The third-order valence-corrected chi connectivity index (χ3v) is 6.85. The molecule has 2 N–H and O–H groups in total. The van der Waals surface area contributed by atoms with Gasteiger partial charge in [0, 0.05) is 31.0 Å². The molecule has 0 atom stereocenters. The number of anilines is 1. The SMILES string of the molecule is Cc1cc(NC(=O)N2CC=C(c3ncc(CC(=O)NC4CCCC4)cc3Cl)CC2)ccc1C(F)(F)F. The van der Waals surface area contributed by atoms with Crippen LogP contribution in [0.5, 0.6) is 0 Å². The van der Waals surface area contributed by atoms with Gasteiger partial charge in [-0.25, -0.2) is 4.79 Å². The molecule has 6 nitrogen and oxygen atoms in total. The number of halogens is 4. The Labute approximate surface area is 212 Å². The first-order chi connectivity index (χ1) is 17.1. The Morgan fingerprint density at radius 1 is 1.19 bits per heavy atom. The summed E-state index contributed by atoms with van der Waals surface area (Å²) in [6.07, 6.45) is 4.17. The lowest BCUT2D eigenvalue weighted by atomic mass is 10.0. The van der Waals surface area contributed by atoms with Crippen LogP contribution < -0.4 is 10.6 Å². The highest BCUT2D eigenvalue weighted by Gasteiger charge is 2.32. The fraction of sp³-hybridized carbons (Fsp3) is 0.423. The second-order valence-corrected chi connectivity index (χ2v) is 9.69. The molecule has 36 heavy (non-hydrogen) atoms. The summed E-state index contributed by atoms with van der Waals surface area (Å²) in [4.78, 5) is 30.9. The molecule has 0 bridgehead atoms. The molecule has 0 unspecified atom stereocenters. The standard InChI is InChI=1S/C26H28ClF3N4O2/c1-16-12-20(6-7-21(16)26(28,29)30)33-25(36)34-10-8-18(9-11-34)24-22(27)13-17(15-31-24)14-23(35)32-19-4-2-3-5-19/h6-8,12-13,15,19H,2-5,9-11,14H2,1H3,(H,32,35)(H,33,36). The fourth-order valence-corrected chi connectivity index (χ4v) is 4.99. The molecule has 1 aromatic carbocycles. The van der Waals surface area contributed by atoms with Crippen LogP contribution in [-0.4, -0.2) is 41.0 Å². The summed E-state index contributed by atoms with van der Waals surface area (Å²) in [5, 5.41) is 6.16. The van der Waals surface area contributed by atoms with E-state index in [4.69, 9.17) is 11.6 Å². The third-order valence-electron chi connectivity index (χ3n) is 6.57. The number of benzene rings is 1. The maximum Gasteiger partial charge on any atom is 0.416 e. The summed E-state index contributed by atoms with van der Waals surface area (Å²) in [5.41, 5.74) is 1.88. The van der Waals surface area contributed by atoms with Crippen LogP contribution in [0.1, 0.15) is 54.5 Å². The third kappa shape index (κ3) is 6.37. The van der Waals surface area contributed by atoms with Gasteiger partial charge in [0.15, 0.2) is 0 Å². The molecule has 2 aliphatic rings. The molecule has 1 aliphatic heterocycles. The number of carbonyl (C=O) groups excluding carboxylic acids is 2. The average Bonchev–Trinajstić information content (AvgIpc) is 3.31. The lowest BCUT2D eigenvalue weighted by Crippen LogP contribution is -2.38. The summed E-state index contributed by atoms with van der Waals surface area (Å²) in [6.45, 7) is 2.07. The number of aromatic nitrogens is 1. The van der Waals surface area contributed by atoms with Gasteiger partial charge < -0.3 is 15.5 Å². The first-order valence-corrected chi connectivity index (χ1v) is 12.3. The van der Waals surface area contributed by atoms with E-state index < -0.39 is 17.8 Å². The zero-order valence-corrected chi connectivity index (χ0v) is 20.7. The first kappa shape index (κ1) is 26.0. The Hall–Kier alpha value is -3.07. The van der Waals surface area contributed by atoms with Crippen LogP contribution in [-0.2, 0) is 17.4 Å². The zero-order chi connectivity index (χ0) is 25.9. The van der Waals surface area contributed by atoms with E-state index in [0.29, 0.717) is 35.9 Å². The molecule has 1 aliphatic carbocycles. The Bertz CT molecular complexity index is 1180. The molecule has 4 rings (SSSR count). The van der Waals surface area contributed by atoms with Crippen LogP contribution >= 0.6 is 11.6 Å². The summed E-state index contributed by atoms with van der Waals surface area (Å²) in [7, 11) is 0. The number of rotatable bonds is 5. The van der Waals surface area contributed by atoms with Gasteiger partial charge in [-0.15, -0.1) is 0 Å². The number of nitrogens with one attached hydrogen (secondary N) is 2. The van der Waals surface area contributed by atoms with Gasteiger partial charge in [0.05, 0.1) is 22.7 Å². The van der Waals surface area contributed by atoms with Crippen LogP contribution in [0.4, 0.5) is 23.7 Å². The molecule has 2 aromatic rings. The normalized spacial score (nSPS) is 16.6. The summed E-state index contributed by atoms with van der Waals surface area (Å²) in [6, 6.07) is 5.15. The monoisotopic (exact) mass is 520 g/mol. The highest BCUT2D eigenvalue weighted by molar-refractivity contribution is 6.32. The number of urea groups is 1. The smallest absolute Gasteiger partial charge is 0.353 e. The van der Waals surface area contributed by atoms with Gasteiger partial charge in [0.2, 0.25) is 5.91 Å². The van der Waals surface area contributed by atoms with E-state index in [0.717, 1.165) is 42.9 Å². The van der Waals surface area contributed by atoms with Crippen LogP contribution in [0.3, 0.4) is 0 Å². The molecular formula is C26H28ClF3N4O2. The molecule has 2 heterocycles. The molecule has 0 radical (unpaired) electrons. The Balaban J connectivity index is 1.34. The van der Waals surface area contributed by atoms with Gasteiger partial charge in [-0.3, -0.25) is 9.78 Å². The number of amides is 3. The summed E-state index contributed by atoms with van der Waals surface area (Å²) < 4.78 is 38.9. The van der Waals surface area contributed by atoms with Crippen molar-refractivity contribution >= 4 is 34.8 Å². The van der Waals surface area contributed by atoms with Crippen molar-refractivity contribution in [1.29, 1.82) is 0 Å². The van der Waals surface area contributed by atoms with Crippen molar-refractivity contribution in [3.05, 3.63) is 63.9 Å². The molecule has 192 valence electrons. The van der Waals surface area contributed by atoms with Crippen LogP contribution in [0.25, 0.3) is 5.57 Å². The van der Waals surface area contributed by atoms with E-state index in [9.17, 15) is 22.8 Å². The van der Waals surface area contributed by atoms with Gasteiger partial charge in [-0.1, -0.05) is 30.5 Å². The number of pyridine rings is 1. The first-order valence-electron chi connectivity index (χ1n) is 12.0. The minimum Gasteiger partial charge on any atom is -0.353 e. The topological polar surface area (TPSA) is 74.3 Å². The van der Waals surface area contributed by atoms with Crippen LogP contribution in [0, 0.1) is 6.92 Å². The predicted octanol–water partition coefficient (Wildman–Crippen LogP) is 5.98. The summed E-state index contributed by atoms with van der Waals surface area (Å²) in [5.74, 6) is -0.0331. The highest BCUT2D eigenvalue weighted by Crippen LogP contribution is 2.33. The van der Waals surface area contributed by atoms with Gasteiger partial charge in [-0.2, -0.15) is 13.2 Å². The molecular weight excluding hydrogens is 493 g/mol. The van der Waals surface area contributed by atoms with Crippen molar-refractivity contribution in [2.75, 3.05) is 18.4 Å². The van der Waals surface area contributed by atoms with Gasteiger partial charge in [-0.05, 0) is 67.2 Å². The zero-order valence-electron chi connectivity index (χ0n) is 19.9. The van der Waals surface area contributed by atoms with E-state index in [1.807, 2.05) is 6.08 Å². The van der Waals surface area contributed by atoms with E-state index in [1.165, 1.54) is 19.1 Å². The van der Waals surface area contributed by atoms with Gasteiger partial charge in [0.1, 0.15) is 0 Å². The maximum absolute atomic E-state index is 13.0.